The van der Waals surface area contributed by atoms with Crippen molar-refractivity contribution in [1.29, 1.82) is 5.41 Å². The lowest BCUT2D eigenvalue weighted by molar-refractivity contribution is 0.315. The van der Waals surface area contributed by atoms with E-state index in [9.17, 15) is 0 Å². The molecule has 0 saturated heterocycles. The summed E-state index contributed by atoms with van der Waals surface area (Å²) in [6, 6.07) is 5.75. The Labute approximate surface area is 128 Å². The van der Waals surface area contributed by atoms with Gasteiger partial charge in [0.2, 0.25) is 0 Å². The van der Waals surface area contributed by atoms with Crippen LogP contribution in [-0.2, 0) is 13.1 Å². The Hall–Kier alpha value is -1.92. The van der Waals surface area contributed by atoms with Crippen LogP contribution in [0.3, 0.4) is 0 Å². The SMILES string of the molecule is COc1ccc(CN(C)Cc2csc(C)n2)cc1C(=N)N. The first kappa shape index (κ1) is 15.5. The number of aryl methyl sites for hydroxylation is 1. The molecule has 0 aliphatic carbocycles. The third kappa shape index (κ3) is 4.03. The van der Waals surface area contributed by atoms with Crippen LogP contribution in [0.5, 0.6) is 5.75 Å². The molecule has 0 unspecified atom stereocenters. The second-order valence-corrected chi connectivity index (χ2v) is 6.04. The van der Waals surface area contributed by atoms with Crippen molar-refractivity contribution in [1.82, 2.24) is 9.88 Å². The third-order valence-corrected chi connectivity index (χ3v) is 3.93. The van der Waals surface area contributed by atoms with Gasteiger partial charge in [-0.2, -0.15) is 0 Å². The molecule has 0 atom stereocenters. The van der Waals surface area contributed by atoms with Crippen molar-refractivity contribution in [2.45, 2.75) is 20.0 Å². The number of nitrogens with zero attached hydrogens (tertiary/aromatic N) is 2. The Balaban J connectivity index is 2.08. The fourth-order valence-corrected chi connectivity index (χ4v) is 2.79. The number of nitrogens with two attached hydrogens (primary N) is 1. The molecule has 1 heterocycles. The van der Waals surface area contributed by atoms with E-state index in [1.807, 2.05) is 32.2 Å². The molecule has 1 aromatic heterocycles. The minimum Gasteiger partial charge on any atom is -0.496 e. The summed E-state index contributed by atoms with van der Waals surface area (Å²) in [5.41, 5.74) is 8.41. The Morgan fingerprint density at radius 1 is 1.43 bits per heavy atom. The van der Waals surface area contributed by atoms with Gasteiger partial charge in [0.15, 0.2) is 0 Å². The summed E-state index contributed by atoms with van der Waals surface area (Å²) in [6.45, 7) is 3.57. The molecule has 0 bridgehead atoms. The van der Waals surface area contributed by atoms with Gasteiger partial charge in [-0.15, -0.1) is 11.3 Å². The van der Waals surface area contributed by atoms with Crippen LogP contribution >= 0.6 is 11.3 Å². The molecule has 3 N–H and O–H groups in total. The Kier molecular flexibility index (Phi) is 4.93. The number of amidine groups is 1. The lowest BCUT2D eigenvalue weighted by Crippen LogP contribution is -2.18. The first-order valence-electron chi connectivity index (χ1n) is 6.60. The summed E-state index contributed by atoms with van der Waals surface area (Å²) in [5.74, 6) is 0.649. The number of methoxy groups -OCH3 is 1. The Morgan fingerprint density at radius 2 is 2.19 bits per heavy atom. The summed E-state index contributed by atoms with van der Waals surface area (Å²) >= 11 is 1.67. The molecule has 112 valence electrons. The molecular formula is C15H20N4OS. The minimum absolute atomic E-state index is 0.0199. The monoisotopic (exact) mass is 304 g/mol. The lowest BCUT2D eigenvalue weighted by atomic mass is 10.1. The fourth-order valence-electron chi connectivity index (χ4n) is 2.19. The summed E-state index contributed by atoms with van der Waals surface area (Å²) in [5, 5.41) is 10.8. The molecule has 1 aromatic carbocycles. The van der Waals surface area contributed by atoms with E-state index in [4.69, 9.17) is 15.9 Å². The van der Waals surface area contributed by atoms with Crippen LogP contribution in [-0.4, -0.2) is 29.9 Å². The molecule has 2 aromatic rings. The molecule has 0 radical (unpaired) electrons. The molecule has 0 saturated carbocycles. The van der Waals surface area contributed by atoms with E-state index in [0.29, 0.717) is 11.3 Å². The fraction of sp³-hybridized carbons (Fsp3) is 0.333. The van der Waals surface area contributed by atoms with Crippen LogP contribution in [0.15, 0.2) is 23.6 Å². The molecule has 0 aliphatic heterocycles. The van der Waals surface area contributed by atoms with E-state index in [0.717, 1.165) is 29.4 Å². The number of nitrogen functional groups attached to an aromatic ring is 1. The summed E-state index contributed by atoms with van der Waals surface area (Å²) in [6.07, 6.45) is 0. The second kappa shape index (κ2) is 6.69. The topological polar surface area (TPSA) is 75.2 Å². The molecule has 5 nitrogen and oxygen atoms in total. The van der Waals surface area contributed by atoms with E-state index in [2.05, 4.69) is 15.3 Å². The van der Waals surface area contributed by atoms with E-state index >= 15 is 0 Å². The van der Waals surface area contributed by atoms with E-state index in [1.54, 1.807) is 18.4 Å². The summed E-state index contributed by atoms with van der Waals surface area (Å²) < 4.78 is 5.22. The van der Waals surface area contributed by atoms with Gasteiger partial charge in [0.25, 0.3) is 0 Å². The first-order valence-corrected chi connectivity index (χ1v) is 7.48. The van der Waals surface area contributed by atoms with Crippen molar-refractivity contribution >= 4 is 17.2 Å². The highest BCUT2D eigenvalue weighted by molar-refractivity contribution is 7.09. The maximum atomic E-state index is 7.62. The molecule has 0 spiro atoms. The maximum absolute atomic E-state index is 7.62. The largest absolute Gasteiger partial charge is 0.496 e. The van der Waals surface area contributed by atoms with Crippen LogP contribution in [0.2, 0.25) is 0 Å². The Bertz CT molecular complexity index is 638. The predicted octanol–water partition coefficient (Wildman–Crippen LogP) is 2.38. The van der Waals surface area contributed by atoms with E-state index in [1.165, 1.54) is 0 Å². The zero-order valence-electron chi connectivity index (χ0n) is 12.5. The van der Waals surface area contributed by atoms with Gasteiger partial charge in [0.05, 0.1) is 23.4 Å². The van der Waals surface area contributed by atoms with Crippen LogP contribution in [0.25, 0.3) is 0 Å². The molecule has 0 amide bonds. The van der Waals surface area contributed by atoms with Gasteiger partial charge in [0.1, 0.15) is 11.6 Å². The van der Waals surface area contributed by atoms with Crippen LogP contribution < -0.4 is 10.5 Å². The maximum Gasteiger partial charge on any atom is 0.129 e. The molecule has 21 heavy (non-hydrogen) atoms. The van der Waals surface area contributed by atoms with Crippen LogP contribution in [0.1, 0.15) is 21.8 Å². The van der Waals surface area contributed by atoms with Crippen LogP contribution in [0.4, 0.5) is 0 Å². The number of rotatable bonds is 6. The average molecular weight is 304 g/mol. The number of nitrogens with one attached hydrogen (secondary N) is 1. The highest BCUT2D eigenvalue weighted by Gasteiger charge is 2.09. The highest BCUT2D eigenvalue weighted by atomic mass is 32.1. The highest BCUT2D eigenvalue weighted by Crippen LogP contribution is 2.20. The van der Waals surface area contributed by atoms with Crippen molar-refractivity contribution in [3.8, 4) is 5.75 Å². The van der Waals surface area contributed by atoms with Gasteiger partial charge in [-0.3, -0.25) is 10.3 Å². The average Bonchev–Trinajstić information content (AvgIpc) is 2.83. The number of benzene rings is 1. The number of hydrogen-bond acceptors (Lipinski definition) is 5. The smallest absolute Gasteiger partial charge is 0.129 e. The number of thiazole rings is 1. The standard InChI is InChI=1S/C15H20N4OS/c1-10-18-12(9-21-10)8-19(2)7-11-4-5-14(20-3)13(6-11)15(16)17/h4-6,9H,7-8H2,1-3H3,(H3,16,17). The van der Waals surface area contributed by atoms with Gasteiger partial charge in [-0.05, 0) is 31.7 Å². The zero-order chi connectivity index (χ0) is 15.4. The van der Waals surface area contributed by atoms with Gasteiger partial charge in [-0.25, -0.2) is 4.98 Å². The summed E-state index contributed by atoms with van der Waals surface area (Å²) in [4.78, 5) is 6.65. The van der Waals surface area contributed by atoms with Gasteiger partial charge >= 0.3 is 0 Å². The Morgan fingerprint density at radius 3 is 2.76 bits per heavy atom. The third-order valence-electron chi connectivity index (χ3n) is 3.11. The molecule has 6 heteroatoms. The zero-order valence-corrected chi connectivity index (χ0v) is 13.3. The summed E-state index contributed by atoms with van der Waals surface area (Å²) in [7, 11) is 3.63. The first-order chi connectivity index (χ1) is 9.99. The number of aromatic nitrogens is 1. The molecule has 2 rings (SSSR count). The van der Waals surface area contributed by atoms with Crippen LogP contribution in [0, 0.1) is 12.3 Å². The predicted molar refractivity (Wildman–Crippen MR) is 86.0 cm³/mol. The van der Waals surface area contributed by atoms with Gasteiger partial charge < -0.3 is 10.5 Å². The van der Waals surface area contributed by atoms with Gasteiger partial charge in [0, 0.05) is 18.5 Å². The number of ether oxygens (including phenoxy) is 1. The minimum atomic E-state index is 0.0199. The lowest BCUT2D eigenvalue weighted by Gasteiger charge is -2.17. The van der Waals surface area contributed by atoms with Gasteiger partial charge in [-0.1, -0.05) is 6.07 Å². The van der Waals surface area contributed by atoms with Crippen molar-refractivity contribution in [3.63, 3.8) is 0 Å². The normalized spacial score (nSPS) is 10.9. The van der Waals surface area contributed by atoms with Crippen molar-refractivity contribution < 1.29 is 4.74 Å². The molecule has 0 aliphatic rings. The van der Waals surface area contributed by atoms with Crippen molar-refractivity contribution in [2.24, 2.45) is 5.73 Å². The molecule has 0 fully saturated rings. The van der Waals surface area contributed by atoms with Crippen molar-refractivity contribution in [2.75, 3.05) is 14.2 Å². The van der Waals surface area contributed by atoms with Crippen molar-refractivity contribution in [3.05, 3.63) is 45.4 Å². The second-order valence-electron chi connectivity index (χ2n) is 4.98. The molecular weight excluding hydrogens is 284 g/mol. The quantitative estimate of drug-likeness (QED) is 0.634. The number of hydrogen-bond donors (Lipinski definition) is 2. The van der Waals surface area contributed by atoms with E-state index < -0.39 is 0 Å². The van der Waals surface area contributed by atoms with E-state index in [-0.39, 0.29) is 5.84 Å².